The number of benzene rings is 4. The molecule has 1 heterocycles. The van der Waals surface area contributed by atoms with Crippen LogP contribution in [0.15, 0.2) is 101 Å². The maximum atomic E-state index is 14.7. The first kappa shape index (κ1) is 34.6. The Labute approximate surface area is 288 Å². The number of hydrogen-bond donors (Lipinski definition) is 2. The first-order chi connectivity index (χ1) is 23.4. The average Bonchev–Trinajstić information content (AvgIpc) is 3.48. The van der Waals surface area contributed by atoms with Gasteiger partial charge in [0.05, 0.1) is 20.3 Å². The van der Waals surface area contributed by atoms with Gasteiger partial charge in [-0.3, -0.25) is 4.79 Å². The fourth-order valence-corrected chi connectivity index (χ4v) is 6.14. The highest BCUT2D eigenvalue weighted by Crippen LogP contribution is 2.45. The lowest BCUT2D eigenvalue weighted by atomic mass is 9.80. The number of amides is 1. The number of hydrogen-bond acceptors (Lipinski definition) is 7. The molecule has 0 radical (unpaired) electrons. The monoisotopic (exact) mass is 687 g/mol. The molecular formula is C36H35Cl2N5O5. The van der Waals surface area contributed by atoms with Crippen LogP contribution in [0.2, 0.25) is 10.0 Å². The summed E-state index contributed by atoms with van der Waals surface area (Å²) in [6.07, 6.45) is 0.189. The average molecular weight is 689 g/mol. The van der Waals surface area contributed by atoms with Gasteiger partial charge >= 0.3 is 0 Å². The molecule has 0 aliphatic carbocycles. The molecule has 5 rings (SSSR count). The van der Waals surface area contributed by atoms with E-state index in [0.29, 0.717) is 52.9 Å². The van der Waals surface area contributed by atoms with Gasteiger partial charge in [-0.2, -0.15) is 0 Å². The van der Waals surface area contributed by atoms with Crippen LogP contribution < -0.4 is 14.8 Å². The lowest BCUT2D eigenvalue weighted by Crippen LogP contribution is -2.50. The predicted molar refractivity (Wildman–Crippen MR) is 186 cm³/mol. The second kappa shape index (κ2) is 16.4. The van der Waals surface area contributed by atoms with Crippen molar-refractivity contribution >= 4 is 35.0 Å². The highest BCUT2D eigenvalue weighted by Gasteiger charge is 2.54. The quantitative estimate of drug-likeness (QED) is 0.0579. The molecule has 2 N–H and O–H groups in total. The Bertz CT molecular complexity index is 1810. The zero-order chi connectivity index (χ0) is 33.9. The minimum atomic E-state index is -1.53. The van der Waals surface area contributed by atoms with E-state index in [0.717, 1.165) is 22.4 Å². The standard InChI is InChI=1S/C36H35Cl2N5O5/c1-46-32-10-5-4-7-24(32)17-18-40-35(45)36(22-26-8-2-3-9-27(26)23-41-43-39)33(30-16-13-28(37)21-31(30)38)48-34(42-36)25-11-14-29(15-12-25)47-20-6-19-44/h2-5,7-16,21,33,44H,6,17-20,22-23H2,1H3,(H,40,45)/t33-,36-/m1/s1. The number of ether oxygens (including phenoxy) is 3. The zero-order valence-corrected chi connectivity index (χ0v) is 27.8. The summed E-state index contributed by atoms with van der Waals surface area (Å²) in [7, 11) is 1.61. The van der Waals surface area contributed by atoms with E-state index in [1.54, 1.807) is 49.6 Å². The molecule has 0 spiro atoms. The molecule has 0 aromatic heterocycles. The highest BCUT2D eigenvalue weighted by atomic mass is 35.5. The topological polar surface area (TPSA) is 138 Å². The Balaban J connectivity index is 1.58. The Morgan fingerprint density at radius 3 is 2.48 bits per heavy atom. The number of aliphatic imine (C=N–C) groups is 1. The number of halogens is 2. The number of azide groups is 1. The van der Waals surface area contributed by atoms with Crippen LogP contribution in [0.3, 0.4) is 0 Å². The van der Waals surface area contributed by atoms with E-state index in [1.807, 2.05) is 48.5 Å². The van der Waals surface area contributed by atoms with Crippen LogP contribution >= 0.6 is 23.2 Å². The minimum absolute atomic E-state index is 0.0341. The lowest BCUT2D eigenvalue weighted by molar-refractivity contribution is -0.128. The number of nitrogens with zero attached hydrogens (tertiary/aromatic N) is 4. The Kier molecular flexibility index (Phi) is 11.8. The second-order valence-corrected chi connectivity index (χ2v) is 12.0. The first-order valence-electron chi connectivity index (χ1n) is 15.4. The molecule has 48 heavy (non-hydrogen) atoms. The highest BCUT2D eigenvalue weighted by molar-refractivity contribution is 6.35. The molecule has 12 heteroatoms. The number of para-hydroxylation sites is 1. The van der Waals surface area contributed by atoms with Gasteiger partial charge in [-0.05, 0) is 71.1 Å². The molecule has 4 aromatic rings. The largest absolute Gasteiger partial charge is 0.496 e. The molecule has 4 aromatic carbocycles. The van der Waals surface area contributed by atoms with Crippen molar-refractivity contribution in [3.63, 3.8) is 0 Å². The van der Waals surface area contributed by atoms with E-state index in [9.17, 15) is 4.79 Å². The van der Waals surface area contributed by atoms with Crippen LogP contribution in [-0.2, 0) is 28.9 Å². The summed E-state index contributed by atoms with van der Waals surface area (Å²) in [6, 6.07) is 27.3. The number of carbonyl (C=O) groups is 1. The molecule has 0 bridgehead atoms. The second-order valence-electron chi connectivity index (χ2n) is 11.1. The van der Waals surface area contributed by atoms with Crippen LogP contribution in [0.4, 0.5) is 0 Å². The third-order valence-electron chi connectivity index (χ3n) is 8.03. The SMILES string of the molecule is COc1ccccc1CCNC(=O)[C@]1(Cc2ccccc2CN=[N+]=[N-])N=C(c2ccc(OCCCO)cc2)O[C@@H]1c1ccc(Cl)cc1Cl. The fraction of sp³-hybridized carbons (Fsp3) is 0.278. The van der Waals surface area contributed by atoms with E-state index in [-0.39, 0.29) is 31.4 Å². The van der Waals surface area contributed by atoms with Crippen molar-refractivity contribution in [3.05, 3.63) is 139 Å². The summed E-state index contributed by atoms with van der Waals surface area (Å²) in [5.74, 6) is 1.23. The molecular weight excluding hydrogens is 653 g/mol. The number of aliphatic hydroxyl groups is 1. The van der Waals surface area contributed by atoms with Crippen LogP contribution in [0.5, 0.6) is 11.5 Å². The van der Waals surface area contributed by atoms with E-state index >= 15 is 0 Å². The Morgan fingerprint density at radius 2 is 1.77 bits per heavy atom. The third-order valence-corrected chi connectivity index (χ3v) is 8.59. The Hall–Kier alpha value is -4.73. The van der Waals surface area contributed by atoms with Gasteiger partial charge in [-0.25, -0.2) is 4.99 Å². The molecule has 0 unspecified atom stereocenters. The number of rotatable bonds is 15. The van der Waals surface area contributed by atoms with Gasteiger partial charge in [0.25, 0.3) is 5.91 Å². The fourth-order valence-electron chi connectivity index (χ4n) is 5.63. The Morgan fingerprint density at radius 1 is 1.04 bits per heavy atom. The van der Waals surface area contributed by atoms with E-state index in [4.69, 9.17) is 53.0 Å². The van der Waals surface area contributed by atoms with Crippen molar-refractivity contribution in [1.82, 2.24) is 5.32 Å². The van der Waals surface area contributed by atoms with Crippen molar-refractivity contribution in [3.8, 4) is 11.5 Å². The minimum Gasteiger partial charge on any atom is -0.496 e. The summed E-state index contributed by atoms with van der Waals surface area (Å²) in [6.45, 7) is 0.803. The van der Waals surface area contributed by atoms with Gasteiger partial charge in [-0.15, -0.1) is 0 Å². The molecule has 0 fully saturated rings. The van der Waals surface area contributed by atoms with Crippen LogP contribution in [0.1, 0.15) is 40.3 Å². The van der Waals surface area contributed by atoms with Gasteiger partial charge < -0.3 is 24.6 Å². The number of aliphatic hydroxyl groups excluding tert-OH is 1. The molecule has 2 atom stereocenters. The predicted octanol–water partition coefficient (Wildman–Crippen LogP) is 7.43. The first-order valence-corrected chi connectivity index (χ1v) is 16.2. The van der Waals surface area contributed by atoms with Crippen molar-refractivity contribution in [2.75, 3.05) is 26.9 Å². The van der Waals surface area contributed by atoms with Gasteiger partial charge in [0.15, 0.2) is 11.6 Å². The maximum absolute atomic E-state index is 14.7. The maximum Gasteiger partial charge on any atom is 0.252 e. The molecule has 248 valence electrons. The van der Waals surface area contributed by atoms with Crippen molar-refractivity contribution in [2.45, 2.75) is 37.5 Å². The van der Waals surface area contributed by atoms with E-state index in [2.05, 4.69) is 15.3 Å². The molecule has 0 saturated carbocycles. The zero-order valence-electron chi connectivity index (χ0n) is 26.3. The molecule has 10 nitrogen and oxygen atoms in total. The van der Waals surface area contributed by atoms with Crippen molar-refractivity contribution in [1.29, 1.82) is 0 Å². The van der Waals surface area contributed by atoms with Crippen molar-refractivity contribution in [2.24, 2.45) is 10.1 Å². The summed E-state index contributed by atoms with van der Waals surface area (Å²) >= 11 is 13.1. The van der Waals surface area contributed by atoms with Crippen LogP contribution in [-0.4, -0.2) is 49.3 Å². The van der Waals surface area contributed by atoms with Crippen molar-refractivity contribution < 1.29 is 24.1 Å². The molecule has 1 amide bonds. The lowest BCUT2D eigenvalue weighted by Gasteiger charge is -2.32. The van der Waals surface area contributed by atoms with Gasteiger partial charge in [0.1, 0.15) is 11.5 Å². The number of methoxy groups -OCH3 is 1. The van der Waals surface area contributed by atoms with Gasteiger partial charge in [0, 0.05) is 52.1 Å². The smallest absolute Gasteiger partial charge is 0.252 e. The normalized spacial score (nSPS) is 16.8. The molecule has 1 aliphatic heterocycles. The summed E-state index contributed by atoms with van der Waals surface area (Å²) in [5.41, 5.74) is 11.2. The van der Waals surface area contributed by atoms with Crippen LogP contribution in [0.25, 0.3) is 10.4 Å². The molecule has 1 aliphatic rings. The van der Waals surface area contributed by atoms with Gasteiger partial charge in [-0.1, -0.05) is 76.8 Å². The number of carbonyl (C=O) groups excluding carboxylic acids is 1. The molecule has 0 saturated heterocycles. The number of nitrogens with one attached hydrogen (secondary N) is 1. The summed E-state index contributed by atoms with van der Waals surface area (Å²) in [4.78, 5) is 22.7. The summed E-state index contributed by atoms with van der Waals surface area (Å²) in [5, 5.41) is 16.8. The summed E-state index contributed by atoms with van der Waals surface area (Å²) < 4.78 is 17.8. The van der Waals surface area contributed by atoms with E-state index < -0.39 is 11.6 Å². The van der Waals surface area contributed by atoms with Gasteiger partial charge in [0.2, 0.25) is 5.90 Å². The van der Waals surface area contributed by atoms with Crippen LogP contribution in [0, 0.1) is 0 Å². The third kappa shape index (κ3) is 8.03. The van der Waals surface area contributed by atoms with E-state index in [1.165, 1.54) is 0 Å².